The van der Waals surface area contributed by atoms with Gasteiger partial charge in [-0.1, -0.05) is 6.07 Å². The molecule has 0 unspecified atom stereocenters. The maximum atomic E-state index is 12.4. The fourth-order valence-corrected chi connectivity index (χ4v) is 2.61. The van der Waals surface area contributed by atoms with Crippen molar-refractivity contribution in [3.8, 4) is 0 Å². The monoisotopic (exact) mass is 290 g/mol. The minimum Gasteiger partial charge on any atom is -0.466 e. The second-order valence-electron chi connectivity index (χ2n) is 5.37. The maximum Gasteiger partial charge on any atom is 0.310 e. The number of aryl methyl sites for hydroxylation is 1. The van der Waals surface area contributed by atoms with Gasteiger partial charge in [0.15, 0.2) is 0 Å². The van der Waals surface area contributed by atoms with Gasteiger partial charge in [-0.3, -0.25) is 14.6 Å². The summed E-state index contributed by atoms with van der Waals surface area (Å²) in [6.45, 7) is 5.31. The van der Waals surface area contributed by atoms with Crippen molar-refractivity contribution in [2.24, 2.45) is 5.92 Å². The summed E-state index contributed by atoms with van der Waals surface area (Å²) in [5.41, 5.74) is 1.82. The van der Waals surface area contributed by atoms with Crippen LogP contribution in [0.5, 0.6) is 0 Å². The summed E-state index contributed by atoms with van der Waals surface area (Å²) in [6, 6.07) is 3.81. The van der Waals surface area contributed by atoms with Gasteiger partial charge in [0, 0.05) is 19.3 Å². The van der Waals surface area contributed by atoms with Crippen LogP contribution in [0.15, 0.2) is 18.3 Å². The number of likely N-dealkylation sites (tertiary alicyclic amines) is 1. The van der Waals surface area contributed by atoms with Crippen LogP contribution in [0.2, 0.25) is 0 Å². The van der Waals surface area contributed by atoms with Crippen LogP contribution < -0.4 is 0 Å². The minimum absolute atomic E-state index is 0.0331. The van der Waals surface area contributed by atoms with Crippen molar-refractivity contribution < 1.29 is 14.3 Å². The third-order valence-corrected chi connectivity index (χ3v) is 3.83. The second kappa shape index (κ2) is 7.20. The number of piperidine rings is 1. The minimum atomic E-state index is -0.191. The van der Waals surface area contributed by atoms with E-state index in [4.69, 9.17) is 4.74 Å². The van der Waals surface area contributed by atoms with E-state index in [0.717, 1.165) is 24.1 Å². The Balaban J connectivity index is 1.96. The Labute approximate surface area is 125 Å². The topological polar surface area (TPSA) is 59.5 Å². The number of ether oxygens (including phenoxy) is 1. The van der Waals surface area contributed by atoms with Crippen molar-refractivity contribution in [3.05, 3.63) is 29.6 Å². The summed E-state index contributed by atoms with van der Waals surface area (Å²) in [5.74, 6) is -0.345. The molecule has 114 valence electrons. The Morgan fingerprint density at radius 1 is 1.48 bits per heavy atom. The molecule has 1 amide bonds. The molecule has 0 N–H and O–H groups in total. The molecule has 5 heteroatoms. The van der Waals surface area contributed by atoms with E-state index in [9.17, 15) is 9.59 Å². The van der Waals surface area contributed by atoms with Crippen molar-refractivity contribution in [2.45, 2.75) is 33.1 Å². The highest BCUT2D eigenvalue weighted by Crippen LogP contribution is 2.19. The van der Waals surface area contributed by atoms with Crippen LogP contribution >= 0.6 is 0 Å². The highest BCUT2D eigenvalue weighted by Gasteiger charge is 2.29. The highest BCUT2D eigenvalue weighted by molar-refractivity contribution is 5.80. The zero-order chi connectivity index (χ0) is 15.2. The molecule has 2 heterocycles. The molecule has 0 saturated carbocycles. The van der Waals surface area contributed by atoms with E-state index >= 15 is 0 Å². The lowest BCUT2D eigenvalue weighted by molar-refractivity contribution is -0.151. The van der Waals surface area contributed by atoms with Gasteiger partial charge in [-0.2, -0.15) is 0 Å². The number of hydrogen-bond donors (Lipinski definition) is 0. The smallest absolute Gasteiger partial charge is 0.310 e. The van der Waals surface area contributed by atoms with Crippen molar-refractivity contribution in [2.75, 3.05) is 19.7 Å². The van der Waals surface area contributed by atoms with Gasteiger partial charge >= 0.3 is 5.97 Å². The quantitative estimate of drug-likeness (QED) is 0.792. The summed E-state index contributed by atoms with van der Waals surface area (Å²) >= 11 is 0. The Hall–Kier alpha value is -1.91. The first-order chi connectivity index (χ1) is 10.1. The second-order valence-corrected chi connectivity index (χ2v) is 5.37. The molecule has 1 aromatic rings. The van der Waals surface area contributed by atoms with E-state index in [1.54, 1.807) is 18.0 Å². The molecule has 1 aliphatic heterocycles. The fraction of sp³-hybridized carbons (Fsp3) is 0.562. The summed E-state index contributed by atoms with van der Waals surface area (Å²) in [6.07, 6.45) is 3.64. The Bertz CT molecular complexity index is 516. The molecule has 21 heavy (non-hydrogen) atoms. The first-order valence-electron chi connectivity index (χ1n) is 7.46. The van der Waals surface area contributed by atoms with E-state index in [2.05, 4.69) is 4.98 Å². The van der Waals surface area contributed by atoms with Gasteiger partial charge in [0.1, 0.15) is 0 Å². The highest BCUT2D eigenvalue weighted by atomic mass is 16.5. The van der Waals surface area contributed by atoms with Crippen LogP contribution in [0, 0.1) is 12.8 Å². The van der Waals surface area contributed by atoms with Crippen molar-refractivity contribution in [1.29, 1.82) is 0 Å². The number of hydrogen-bond acceptors (Lipinski definition) is 4. The van der Waals surface area contributed by atoms with Crippen LogP contribution in [0.3, 0.4) is 0 Å². The van der Waals surface area contributed by atoms with Gasteiger partial charge in [-0.25, -0.2) is 0 Å². The van der Waals surface area contributed by atoms with Crippen molar-refractivity contribution in [1.82, 2.24) is 9.88 Å². The molecule has 2 rings (SSSR count). The Morgan fingerprint density at radius 3 is 3.00 bits per heavy atom. The number of esters is 1. The lowest BCUT2D eigenvalue weighted by Gasteiger charge is -2.31. The van der Waals surface area contributed by atoms with Crippen LogP contribution in [0.25, 0.3) is 0 Å². The molecular formula is C16H22N2O3. The van der Waals surface area contributed by atoms with Crippen LogP contribution in [-0.4, -0.2) is 41.5 Å². The van der Waals surface area contributed by atoms with E-state index in [-0.39, 0.29) is 17.8 Å². The molecule has 0 radical (unpaired) electrons. The molecule has 1 saturated heterocycles. The summed E-state index contributed by atoms with van der Waals surface area (Å²) in [5, 5.41) is 0. The summed E-state index contributed by atoms with van der Waals surface area (Å²) in [4.78, 5) is 30.2. The molecule has 1 fully saturated rings. The maximum absolute atomic E-state index is 12.4. The molecule has 1 aromatic heterocycles. The Kier molecular flexibility index (Phi) is 5.31. The predicted octanol–water partition coefficient (Wildman–Crippen LogP) is 1.73. The van der Waals surface area contributed by atoms with Crippen LogP contribution in [0.4, 0.5) is 0 Å². The Morgan fingerprint density at radius 2 is 2.29 bits per heavy atom. The number of pyridine rings is 1. The largest absolute Gasteiger partial charge is 0.466 e. The van der Waals surface area contributed by atoms with Gasteiger partial charge in [0.2, 0.25) is 5.91 Å². The number of carbonyl (C=O) groups is 2. The molecule has 1 atom stereocenters. The molecular weight excluding hydrogens is 268 g/mol. The predicted molar refractivity (Wildman–Crippen MR) is 78.6 cm³/mol. The molecule has 0 aromatic carbocycles. The average molecular weight is 290 g/mol. The van der Waals surface area contributed by atoms with E-state index in [1.165, 1.54) is 0 Å². The molecule has 0 aliphatic carbocycles. The number of rotatable bonds is 4. The average Bonchev–Trinajstić information content (AvgIpc) is 2.50. The van der Waals surface area contributed by atoms with Gasteiger partial charge in [-0.05, 0) is 38.3 Å². The van der Waals surface area contributed by atoms with E-state index < -0.39 is 0 Å². The molecule has 0 spiro atoms. The lowest BCUT2D eigenvalue weighted by atomic mass is 9.97. The van der Waals surface area contributed by atoms with Crippen molar-refractivity contribution in [3.63, 3.8) is 0 Å². The van der Waals surface area contributed by atoms with E-state index in [1.807, 2.05) is 19.1 Å². The summed E-state index contributed by atoms with van der Waals surface area (Å²) in [7, 11) is 0. The fourth-order valence-electron chi connectivity index (χ4n) is 2.61. The lowest BCUT2D eigenvalue weighted by Crippen LogP contribution is -2.43. The molecule has 5 nitrogen and oxygen atoms in total. The van der Waals surface area contributed by atoms with Gasteiger partial charge in [0.25, 0.3) is 0 Å². The number of amides is 1. The SMILES string of the molecule is CCOC(=O)[C@@H]1CCCN(C(=O)Cc2ncccc2C)C1. The third-order valence-electron chi connectivity index (χ3n) is 3.83. The molecule has 0 bridgehead atoms. The molecule has 1 aliphatic rings. The van der Waals surface area contributed by atoms with Crippen LogP contribution in [0.1, 0.15) is 31.0 Å². The number of carbonyl (C=O) groups excluding carboxylic acids is 2. The standard InChI is InChI=1S/C16H22N2O3/c1-3-21-16(20)13-7-5-9-18(11-13)15(19)10-14-12(2)6-4-8-17-14/h4,6,8,13H,3,5,7,9-11H2,1-2H3/t13-/m1/s1. The van der Waals surface area contributed by atoms with E-state index in [0.29, 0.717) is 26.1 Å². The van der Waals surface area contributed by atoms with Gasteiger partial charge in [0.05, 0.1) is 24.6 Å². The zero-order valence-corrected chi connectivity index (χ0v) is 12.7. The first-order valence-corrected chi connectivity index (χ1v) is 7.46. The first kappa shape index (κ1) is 15.5. The van der Waals surface area contributed by atoms with Crippen LogP contribution in [-0.2, 0) is 20.7 Å². The van der Waals surface area contributed by atoms with Crippen molar-refractivity contribution >= 4 is 11.9 Å². The van der Waals surface area contributed by atoms with Gasteiger partial charge < -0.3 is 9.64 Å². The zero-order valence-electron chi connectivity index (χ0n) is 12.7. The summed E-state index contributed by atoms with van der Waals surface area (Å²) < 4.78 is 5.06. The number of nitrogens with zero attached hydrogens (tertiary/aromatic N) is 2. The normalized spacial score (nSPS) is 18.4. The third kappa shape index (κ3) is 4.03. The van der Waals surface area contributed by atoms with Gasteiger partial charge in [-0.15, -0.1) is 0 Å². The number of aromatic nitrogens is 1.